The first-order chi connectivity index (χ1) is 10.2. The summed E-state index contributed by atoms with van der Waals surface area (Å²) in [7, 11) is 0. The minimum absolute atomic E-state index is 0.0191. The van der Waals surface area contributed by atoms with Crippen molar-refractivity contribution in [1.82, 2.24) is 25.0 Å². The second kappa shape index (κ2) is 6.04. The zero-order chi connectivity index (χ0) is 14.7. The zero-order valence-corrected chi connectivity index (χ0v) is 11.8. The van der Waals surface area contributed by atoms with Crippen LogP contribution >= 0.6 is 0 Å². The molecule has 3 heterocycles. The summed E-state index contributed by atoms with van der Waals surface area (Å²) in [5.41, 5.74) is 0. The monoisotopic (exact) mass is 291 g/mol. The van der Waals surface area contributed by atoms with Gasteiger partial charge >= 0.3 is 0 Å². The highest BCUT2D eigenvalue weighted by Gasteiger charge is 2.20. The molecule has 0 unspecified atom stereocenters. The molecule has 2 aromatic rings. The van der Waals surface area contributed by atoms with E-state index < -0.39 is 0 Å². The van der Waals surface area contributed by atoms with Crippen molar-refractivity contribution in [3.05, 3.63) is 29.9 Å². The van der Waals surface area contributed by atoms with Crippen molar-refractivity contribution < 1.29 is 14.1 Å². The van der Waals surface area contributed by atoms with Gasteiger partial charge in [0.05, 0.1) is 0 Å². The van der Waals surface area contributed by atoms with Gasteiger partial charge in [-0.3, -0.25) is 4.79 Å². The molecule has 0 radical (unpaired) electrons. The normalized spacial score (nSPS) is 17.5. The van der Waals surface area contributed by atoms with Gasteiger partial charge in [-0.2, -0.15) is 4.98 Å². The average Bonchev–Trinajstić information content (AvgIpc) is 3.07. The van der Waals surface area contributed by atoms with Crippen molar-refractivity contribution in [2.45, 2.75) is 39.0 Å². The van der Waals surface area contributed by atoms with E-state index >= 15 is 0 Å². The van der Waals surface area contributed by atoms with E-state index in [1.54, 1.807) is 13.1 Å². The number of aromatic nitrogens is 4. The van der Waals surface area contributed by atoms with Crippen LogP contribution < -0.4 is 5.32 Å². The minimum Gasteiger partial charge on any atom is -0.362 e. The molecule has 0 aromatic carbocycles. The molecule has 0 saturated carbocycles. The first-order valence-electron chi connectivity index (χ1n) is 6.87. The van der Waals surface area contributed by atoms with Crippen LogP contribution in [-0.4, -0.2) is 38.2 Å². The van der Waals surface area contributed by atoms with Crippen LogP contribution in [0.4, 0.5) is 0 Å². The number of ether oxygens (including phenoxy) is 1. The van der Waals surface area contributed by atoms with Crippen LogP contribution in [0.5, 0.6) is 0 Å². The number of fused-ring (bicyclic) bond motifs is 1. The molecule has 0 spiro atoms. The molecular weight excluding hydrogens is 274 g/mol. The highest BCUT2D eigenvalue weighted by atomic mass is 16.5. The Bertz CT molecular complexity index is 621. The largest absolute Gasteiger partial charge is 0.362 e. The van der Waals surface area contributed by atoms with Crippen molar-refractivity contribution in [2.75, 3.05) is 6.61 Å². The maximum absolute atomic E-state index is 11.8. The number of carbonyl (C=O) groups is 1. The summed E-state index contributed by atoms with van der Waals surface area (Å²) in [6, 6.07) is 0.119. The molecule has 3 rings (SSSR count). The summed E-state index contributed by atoms with van der Waals surface area (Å²) in [5, 5.41) is 6.61. The Kier molecular flexibility index (Phi) is 3.96. The van der Waals surface area contributed by atoms with Gasteiger partial charge in [-0.25, -0.2) is 4.98 Å². The Morgan fingerprint density at radius 2 is 2.52 bits per heavy atom. The molecule has 0 saturated heterocycles. The maximum Gasteiger partial charge on any atom is 0.252 e. The third-order valence-corrected chi connectivity index (χ3v) is 3.33. The Balaban J connectivity index is 1.40. The van der Waals surface area contributed by atoms with E-state index in [0.29, 0.717) is 11.7 Å². The Morgan fingerprint density at radius 3 is 3.33 bits per heavy atom. The average molecular weight is 291 g/mol. The van der Waals surface area contributed by atoms with Gasteiger partial charge in [0.15, 0.2) is 5.82 Å². The Morgan fingerprint density at radius 1 is 1.62 bits per heavy atom. The quantitative estimate of drug-likeness (QED) is 0.847. The molecular formula is C13H17N5O3. The van der Waals surface area contributed by atoms with Crippen LogP contribution in [0.15, 0.2) is 16.9 Å². The van der Waals surface area contributed by atoms with Crippen LogP contribution in [0.3, 0.4) is 0 Å². The fourth-order valence-electron chi connectivity index (χ4n) is 2.38. The molecule has 1 aliphatic heterocycles. The summed E-state index contributed by atoms with van der Waals surface area (Å²) in [4.78, 5) is 20.1. The molecule has 0 bridgehead atoms. The molecule has 1 amide bonds. The topological polar surface area (TPSA) is 95.1 Å². The lowest BCUT2D eigenvalue weighted by molar-refractivity contribution is -0.127. The zero-order valence-electron chi connectivity index (χ0n) is 11.8. The number of rotatable bonds is 5. The predicted octanol–water partition coefficient (Wildman–Crippen LogP) is 0.222. The van der Waals surface area contributed by atoms with E-state index in [4.69, 9.17) is 9.26 Å². The van der Waals surface area contributed by atoms with E-state index in [-0.39, 0.29) is 25.2 Å². The Labute approximate surface area is 121 Å². The number of amides is 1. The third-order valence-electron chi connectivity index (χ3n) is 3.33. The predicted molar refractivity (Wildman–Crippen MR) is 71.2 cm³/mol. The van der Waals surface area contributed by atoms with Gasteiger partial charge in [0.1, 0.15) is 19.0 Å². The lowest BCUT2D eigenvalue weighted by Crippen LogP contribution is -2.42. The lowest BCUT2D eigenvalue weighted by atomic mass is 10.1. The van der Waals surface area contributed by atoms with Gasteiger partial charge in [0.2, 0.25) is 5.91 Å². The van der Waals surface area contributed by atoms with Crippen molar-refractivity contribution in [1.29, 1.82) is 0 Å². The highest BCUT2D eigenvalue weighted by Crippen LogP contribution is 2.12. The molecule has 1 N–H and O–H groups in total. The van der Waals surface area contributed by atoms with Gasteiger partial charge in [-0.05, 0) is 13.3 Å². The number of carbonyl (C=O) groups excluding carboxylic acids is 1. The number of imidazole rings is 1. The summed E-state index contributed by atoms with van der Waals surface area (Å²) in [6.07, 6.45) is 5.49. The van der Waals surface area contributed by atoms with E-state index in [1.165, 1.54) is 0 Å². The van der Waals surface area contributed by atoms with Crippen LogP contribution in [-0.2, 0) is 29.1 Å². The maximum atomic E-state index is 11.8. The molecule has 112 valence electrons. The van der Waals surface area contributed by atoms with Crippen molar-refractivity contribution in [3.8, 4) is 0 Å². The van der Waals surface area contributed by atoms with Crippen molar-refractivity contribution in [2.24, 2.45) is 0 Å². The molecule has 8 nitrogen and oxygen atoms in total. The van der Waals surface area contributed by atoms with Crippen molar-refractivity contribution in [3.63, 3.8) is 0 Å². The lowest BCUT2D eigenvalue weighted by Gasteiger charge is -2.24. The smallest absolute Gasteiger partial charge is 0.252 e. The standard InChI is InChI=1S/C13H17N5O3/c1-9-15-13(21-17-9)8-20-7-12(19)16-10-2-3-11-14-4-5-18(11)6-10/h4-5,10H,2-3,6-8H2,1H3,(H,16,19)/t10-/m0/s1. The van der Waals surface area contributed by atoms with Gasteiger partial charge in [0.25, 0.3) is 5.89 Å². The molecule has 0 fully saturated rings. The van der Waals surface area contributed by atoms with Gasteiger partial charge in [0, 0.05) is 31.4 Å². The number of nitrogens with zero attached hydrogens (tertiary/aromatic N) is 4. The van der Waals surface area contributed by atoms with Crippen LogP contribution in [0.1, 0.15) is 24.0 Å². The number of nitrogens with one attached hydrogen (secondary N) is 1. The first-order valence-corrected chi connectivity index (χ1v) is 6.87. The van der Waals surface area contributed by atoms with Gasteiger partial charge in [-0.1, -0.05) is 5.16 Å². The number of hydrogen-bond donors (Lipinski definition) is 1. The summed E-state index contributed by atoms with van der Waals surface area (Å²) >= 11 is 0. The molecule has 2 aromatic heterocycles. The van der Waals surface area contributed by atoms with Gasteiger partial charge < -0.3 is 19.1 Å². The number of aryl methyl sites for hydroxylation is 2. The molecule has 1 aliphatic rings. The summed E-state index contributed by atoms with van der Waals surface area (Å²) in [6.45, 7) is 2.61. The van der Waals surface area contributed by atoms with Crippen LogP contribution in [0, 0.1) is 6.92 Å². The Hall–Kier alpha value is -2.22. The second-order valence-electron chi connectivity index (χ2n) is 5.03. The van der Waals surface area contributed by atoms with E-state index in [1.807, 2.05) is 6.20 Å². The van der Waals surface area contributed by atoms with E-state index in [0.717, 1.165) is 25.2 Å². The third kappa shape index (κ3) is 3.46. The molecule has 8 heteroatoms. The molecule has 0 aliphatic carbocycles. The fraction of sp³-hybridized carbons (Fsp3) is 0.538. The molecule has 21 heavy (non-hydrogen) atoms. The van der Waals surface area contributed by atoms with Crippen LogP contribution in [0.2, 0.25) is 0 Å². The first kappa shape index (κ1) is 13.7. The summed E-state index contributed by atoms with van der Waals surface area (Å²) < 4.78 is 12.2. The van der Waals surface area contributed by atoms with E-state index in [2.05, 4.69) is 25.0 Å². The minimum atomic E-state index is -0.139. The van der Waals surface area contributed by atoms with Crippen LogP contribution in [0.25, 0.3) is 0 Å². The highest BCUT2D eigenvalue weighted by molar-refractivity contribution is 5.77. The summed E-state index contributed by atoms with van der Waals surface area (Å²) in [5.74, 6) is 1.86. The van der Waals surface area contributed by atoms with E-state index in [9.17, 15) is 4.79 Å². The van der Waals surface area contributed by atoms with Gasteiger partial charge in [-0.15, -0.1) is 0 Å². The fourth-order valence-corrected chi connectivity index (χ4v) is 2.38. The number of hydrogen-bond acceptors (Lipinski definition) is 6. The molecule has 1 atom stereocenters. The SMILES string of the molecule is Cc1noc(COCC(=O)N[C@H]2CCc3nccn3C2)n1. The van der Waals surface area contributed by atoms with Crippen molar-refractivity contribution >= 4 is 5.91 Å². The second-order valence-corrected chi connectivity index (χ2v) is 5.03.